The van der Waals surface area contributed by atoms with Gasteiger partial charge in [-0.2, -0.15) is 0 Å². The lowest BCUT2D eigenvalue weighted by Gasteiger charge is -2.36. The number of nitrogens with one attached hydrogen (secondary N) is 1. The molecule has 11 heteroatoms. The summed E-state index contributed by atoms with van der Waals surface area (Å²) in [4.78, 5) is 56.1. The SMILES string of the molecule is O=C(N[C@@H](Cc1ccc(Cl)cc1)C(=O)N1CCC(c2ccccc2CN2CCCCC2=O)CC1)c1cc(=O)c2cc(F)cc(F)c2o1. The molecule has 2 fully saturated rings. The van der Waals surface area contributed by atoms with Crippen molar-refractivity contribution in [3.63, 3.8) is 0 Å². The summed E-state index contributed by atoms with van der Waals surface area (Å²) in [7, 11) is 0. The molecule has 3 heterocycles. The molecule has 0 bridgehead atoms. The molecular formula is C36H34ClF2N3O5. The minimum atomic E-state index is -1.12. The number of likely N-dealkylation sites (tertiary alicyclic amines) is 2. The summed E-state index contributed by atoms with van der Waals surface area (Å²) in [6.07, 6.45) is 4.05. The Morgan fingerprint density at radius 2 is 1.70 bits per heavy atom. The van der Waals surface area contributed by atoms with Crippen molar-refractivity contribution in [2.24, 2.45) is 0 Å². The van der Waals surface area contributed by atoms with Crippen LogP contribution in [0.2, 0.25) is 5.02 Å². The van der Waals surface area contributed by atoms with E-state index in [1.54, 1.807) is 29.2 Å². The van der Waals surface area contributed by atoms with Crippen LogP contribution in [0.5, 0.6) is 0 Å². The number of halogens is 3. The lowest BCUT2D eigenvalue weighted by molar-refractivity contribution is -0.135. The van der Waals surface area contributed by atoms with Gasteiger partial charge in [-0.1, -0.05) is 48.0 Å². The molecule has 3 amide bonds. The quantitative estimate of drug-likeness (QED) is 0.250. The summed E-state index contributed by atoms with van der Waals surface area (Å²) in [6, 6.07) is 16.3. The molecule has 47 heavy (non-hydrogen) atoms. The van der Waals surface area contributed by atoms with Crippen LogP contribution in [0.15, 0.2) is 75.9 Å². The highest BCUT2D eigenvalue weighted by Crippen LogP contribution is 2.32. The number of nitrogens with zero attached hydrogens (tertiary/aromatic N) is 2. The van der Waals surface area contributed by atoms with E-state index in [4.69, 9.17) is 16.0 Å². The van der Waals surface area contributed by atoms with Crippen LogP contribution in [0.1, 0.15) is 65.3 Å². The maximum atomic E-state index is 14.4. The molecule has 3 aromatic carbocycles. The van der Waals surface area contributed by atoms with Crippen molar-refractivity contribution in [1.82, 2.24) is 15.1 Å². The van der Waals surface area contributed by atoms with E-state index in [9.17, 15) is 28.0 Å². The highest BCUT2D eigenvalue weighted by atomic mass is 35.5. The predicted octanol–water partition coefficient (Wildman–Crippen LogP) is 5.98. The Labute approximate surface area is 275 Å². The minimum Gasteiger partial charge on any atom is -0.448 e. The predicted molar refractivity (Wildman–Crippen MR) is 173 cm³/mol. The Morgan fingerprint density at radius 1 is 0.957 bits per heavy atom. The van der Waals surface area contributed by atoms with E-state index in [1.165, 1.54) is 5.56 Å². The fraction of sp³-hybridized carbons (Fsp3) is 0.333. The standard InChI is InChI=1S/C36H34ClF2N3O5/c37-25-10-8-22(9-11-25)17-30(40-35(45)32-20-31(43)28-18-26(38)19-29(39)34(28)47-32)36(46)41-15-12-23(13-16-41)27-6-2-1-5-24(27)21-42-14-4-3-7-33(42)44/h1-2,5-6,8-11,18-20,23,30H,3-4,7,12-17,21H2,(H,40,45)/t30-/m0/s1. The van der Waals surface area contributed by atoms with Gasteiger partial charge in [-0.25, -0.2) is 8.78 Å². The maximum Gasteiger partial charge on any atom is 0.287 e. The smallest absolute Gasteiger partial charge is 0.287 e. The summed E-state index contributed by atoms with van der Waals surface area (Å²) in [5.74, 6) is -3.37. The topological polar surface area (TPSA) is 99.9 Å². The number of hydrogen-bond donors (Lipinski definition) is 1. The fourth-order valence-electron chi connectivity index (χ4n) is 6.52. The van der Waals surface area contributed by atoms with Crippen LogP contribution in [-0.2, 0) is 22.6 Å². The van der Waals surface area contributed by atoms with E-state index >= 15 is 0 Å². The minimum absolute atomic E-state index is 0.131. The van der Waals surface area contributed by atoms with Gasteiger partial charge in [0.25, 0.3) is 5.91 Å². The van der Waals surface area contributed by atoms with Gasteiger partial charge in [-0.15, -0.1) is 0 Å². The zero-order valence-electron chi connectivity index (χ0n) is 25.6. The van der Waals surface area contributed by atoms with E-state index in [0.717, 1.165) is 42.6 Å². The van der Waals surface area contributed by atoms with Crippen molar-refractivity contribution in [3.8, 4) is 0 Å². The molecule has 1 N–H and O–H groups in total. The second-order valence-electron chi connectivity index (χ2n) is 12.2. The summed E-state index contributed by atoms with van der Waals surface area (Å²) in [5, 5.41) is 2.87. The van der Waals surface area contributed by atoms with Crippen molar-refractivity contribution >= 4 is 40.3 Å². The summed E-state index contributed by atoms with van der Waals surface area (Å²) >= 11 is 6.06. The second-order valence-corrected chi connectivity index (χ2v) is 12.6. The molecule has 0 unspecified atom stereocenters. The van der Waals surface area contributed by atoms with Crippen LogP contribution in [-0.4, -0.2) is 53.2 Å². The van der Waals surface area contributed by atoms with Crippen LogP contribution < -0.4 is 10.7 Å². The number of rotatable bonds is 8. The lowest BCUT2D eigenvalue weighted by Crippen LogP contribution is -2.51. The molecule has 0 aliphatic carbocycles. The van der Waals surface area contributed by atoms with Crippen LogP contribution in [0.4, 0.5) is 8.78 Å². The molecule has 8 nitrogen and oxygen atoms in total. The lowest BCUT2D eigenvalue weighted by atomic mass is 9.86. The molecule has 4 aromatic rings. The molecule has 2 aliphatic heterocycles. The first-order chi connectivity index (χ1) is 22.7. The molecule has 0 spiro atoms. The maximum absolute atomic E-state index is 14.4. The highest BCUT2D eigenvalue weighted by molar-refractivity contribution is 6.30. The zero-order chi connectivity index (χ0) is 33.1. The summed E-state index contributed by atoms with van der Waals surface area (Å²) < 4.78 is 33.5. The van der Waals surface area contributed by atoms with Crippen LogP contribution in [0.3, 0.4) is 0 Å². The van der Waals surface area contributed by atoms with E-state index in [2.05, 4.69) is 17.4 Å². The number of carbonyl (C=O) groups is 3. The number of hydrogen-bond acceptors (Lipinski definition) is 5. The van der Waals surface area contributed by atoms with E-state index in [-0.39, 0.29) is 29.5 Å². The Hall–Kier alpha value is -4.57. The number of amides is 3. The number of fused-ring (bicyclic) bond motifs is 1. The van der Waals surface area contributed by atoms with Gasteiger partial charge in [0.1, 0.15) is 11.9 Å². The average Bonchev–Trinajstić information content (AvgIpc) is 3.07. The summed E-state index contributed by atoms with van der Waals surface area (Å²) in [6.45, 7) is 2.24. The Morgan fingerprint density at radius 3 is 2.45 bits per heavy atom. The normalized spacial score (nSPS) is 16.4. The number of benzene rings is 3. The first kappa shape index (κ1) is 32.4. The summed E-state index contributed by atoms with van der Waals surface area (Å²) in [5.41, 5.74) is 1.71. The van der Waals surface area contributed by atoms with E-state index in [1.807, 2.05) is 17.0 Å². The van der Waals surface area contributed by atoms with Crippen molar-refractivity contribution in [2.75, 3.05) is 19.6 Å². The highest BCUT2D eigenvalue weighted by Gasteiger charge is 2.32. The van der Waals surface area contributed by atoms with Crippen LogP contribution >= 0.6 is 11.6 Å². The Bertz CT molecular complexity index is 1870. The zero-order valence-corrected chi connectivity index (χ0v) is 26.4. The van der Waals surface area contributed by atoms with Gasteiger partial charge in [-0.05, 0) is 66.5 Å². The first-order valence-electron chi connectivity index (χ1n) is 15.8. The van der Waals surface area contributed by atoms with Crippen LogP contribution in [0, 0.1) is 11.6 Å². The Balaban J connectivity index is 1.19. The molecule has 6 rings (SSSR count). The first-order valence-corrected chi connectivity index (χ1v) is 16.2. The second kappa shape index (κ2) is 14.0. The molecular weight excluding hydrogens is 628 g/mol. The molecule has 2 aliphatic rings. The van der Waals surface area contributed by atoms with Gasteiger partial charge >= 0.3 is 0 Å². The van der Waals surface area contributed by atoms with Gasteiger partial charge < -0.3 is 19.5 Å². The molecule has 1 aromatic heterocycles. The van der Waals surface area contributed by atoms with E-state index in [0.29, 0.717) is 50.0 Å². The van der Waals surface area contributed by atoms with Gasteiger partial charge in [0.05, 0.1) is 5.39 Å². The van der Waals surface area contributed by atoms with Crippen molar-refractivity contribution in [2.45, 2.75) is 57.0 Å². The average molecular weight is 662 g/mol. The third-order valence-corrected chi connectivity index (χ3v) is 9.26. The number of carbonyl (C=O) groups excluding carboxylic acids is 3. The molecule has 0 radical (unpaired) electrons. The van der Waals surface area contributed by atoms with Gasteiger partial charge in [-0.3, -0.25) is 19.2 Å². The van der Waals surface area contributed by atoms with Crippen molar-refractivity contribution in [3.05, 3.63) is 116 Å². The monoisotopic (exact) mass is 661 g/mol. The molecule has 244 valence electrons. The third-order valence-electron chi connectivity index (χ3n) is 9.01. The van der Waals surface area contributed by atoms with Gasteiger partial charge in [0.15, 0.2) is 22.6 Å². The van der Waals surface area contributed by atoms with Crippen molar-refractivity contribution < 1.29 is 27.6 Å². The molecule has 1 atom stereocenters. The Kier molecular flexibility index (Phi) is 9.68. The van der Waals surface area contributed by atoms with E-state index < -0.39 is 40.4 Å². The number of piperidine rings is 2. The van der Waals surface area contributed by atoms with Crippen LogP contribution in [0.25, 0.3) is 11.0 Å². The fourth-order valence-corrected chi connectivity index (χ4v) is 6.65. The van der Waals surface area contributed by atoms with Gasteiger partial charge in [0, 0.05) is 56.2 Å². The van der Waals surface area contributed by atoms with Gasteiger partial charge in [0.2, 0.25) is 11.8 Å². The molecule has 2 saturated heterocycles. The largest absolute Gasteiger partial charge is 0.448 e. The molecule has 0 saturated carbocycles. The third kappa shape index (κ3) is 7.38. The van der Waals surface area contributed by atoms with Crippen molar-refractivity contribution in [1.29, 1.82) is 0 Å².